The second-order valence-corrected chi connectivity index (χ2v) is 5.39. The fourth-order valence-corrected chi connectivity index (χ4v) is 2.85. The molecule has 6 heteroatoms. The van der Waals surface area contributed by atoms with E-state index < -0.39 is 5.97 Å². The monoisotopic (exact) mass is 284 g/mol. The fourth-order valence-electron chi connectivity index (χ4n) is 1.61. The van der Waals surface area contributed by atoms with Gasteiger partial charge in [-0.3, -0.25) is 4.79 Å². The summed E-state index contributed by atoms with van der Waals surface area (Å²) < 4.78 is 0.970. The van der Waals surface area contributed by atoms with Crippen LogP contribution in [-0.2, 0) is 4.79 Å². The lowest BCUT2D eigenvalue weighted by atomic mass is 10.2. The molecule has 2 N–H and O–H groups in total. The number of nitrogens with zero attached hydrogens (tertiary/aromatic N) is 1. The Bertz CT molecular complexity index is 544. The molecular formula is C12H13ClN2O2S. The van der Waals surface area contributed by atoms with Gasteiger partial charge in [-0.2, -0.15) is 0 Å². The number of halogens is 1. The van der Waals surface area contributed by atoms with Crippen LogP contribution in [0.1, 0.15) is 18.4 Å². The Hall–Kier alpha value is -1.33. The van der Waals surface area contributed by atoms with Crippen LogP contribution < -0.4 is 5.32 Å². The molecule has 0 saturated carbocycles. The summed E-state index contributed by atoms with van der Waals surface area (Å²) in [6.07, 6.45) is 0.746. The van der Waals surface area contributed by atoms with Gasteiger partial charge in [0, 0.05) is 13.0 Å². The average molecular weight is 285 g/mol. The number of hydrogen-bond acceptors (Lipinski definition) is 4. The van der Waals surface area contributed by atoms with Crippen LogP contribution in [0.2, 0.25) is 5.02 Å². The Morgan fingerprint density at radius 1 is 1.56 bits per heavy atom. The van der Waals surface area contributed by atoms with E-state index in [9.17, 15) is 4.79 Å². The van der Waals surface area contributed by atoms with E-state index >= 15 is 0 Å². The molecule has 4 nitrogen and oxygen atoms in total. The topological polar surface area (TPSA) is 62.2 Å². The third-order valence-corrected chi connectivity index (χ3v) is 4.01. The number of fused-ring (bicyclic) bond motifs is 1. The van der Waals surface area contributed by atoms with Gasteiger partial charge in [0.25, 0.3) is 0 Å². The Morgan fingerprint density at radius 2 is 2.33 bits per heavy atom. The highest BCUT2D eigenvalue weighted by molar-refractivity contribution is 7.22. The van der Waals surface area contributed by atoms with Crippen LogP contribution >= 0.6 is 22.9 Å². The van der Waals surface area contributed by atoms with Crippen LogP contribution in [-0.4, -0.2) is 22.6 Å². The summed E-state index contributed by atoms with van der Waals surface area (Å²) in [5, 5.41) is 13.2. The molecule has 0 radical (unpaired) electrons. The molecular weight excluding hydrogens is 272 g/mol. The second-order valence-electron chi connectivity index (χ2n) is 3.99. The lowest BCUT2D eigenvalue weighted by Crippen LogP contribution is -2.04. The predicted molar refractivity (Wildman–Crippen MR) is 74.7 cm³/mol. The van der Waals surface area contributed by atoms with Crippen molar-refractivity contribution in [1.29, 1.82) is 0 Å². The van der Waals surface area contributed by atoms with Crippen molar-refractivity contribution in [3.63, 3.8) is 0 Å². The molecule has 96 valence electrons. The summed E-state index contributed by atoms with van der Waals surface area (Å²) >= 11 is 7.61. The first-order valence-corrected chi connectivity index (χ1v) is 6.78. The third-order valence-electron chi connectivity index (χ3n) is 2.54. The van der Waals surface area contributed by atoms with Crippen molar-refractivity contribution in [2.24, 2.45) is 0 Å². The van der Waals surface area contributed by atoms with Crippen molar-refractivity contribution in [2.45, 2.75) is 19.8 Å². The molecule has 1 heterocycles. The molecule has 0 bridgehead atoms. The molecule has 0 aliphatic carbocycles. The van der Waals surface area contributed by atoms with Gasteiger partial charge in [0.1, 0.15) is 0 Å². The number of anilines is 1. The minimum absolute atomic E-state index is 0.164. The molecule has 1 aromatic carbocycles. The number of nitrogens with one attached hydrogen (secondary N) is 1. The predicted octanol–water partition coefficient (Wildman–Crippen LogP) is 3.53. The van der Waals surface area contributed by atoms with Gasteiger partial charge >= 0.3 is 5.97 Å². The second kappa shape index (κ2) is 5.54. The smallest absolute Gasteiger partial charge is 0.303 e. The molecule has 0 amide bonds. The van der Waals surface area contributed by atoms with Crippen LogP contribution in [0.15, 0.2) is 12.1 Å². The van der Waals surface area contributed by atoms with Crippen molar-refractivity contribution < 1.29 is 9.90 Å². The van der Waals surface area contributed by atoms with Crippen molar-refractivity contribution in [2.75, 3.05) is 11.9 Å². The van der Waals surface area contributed by atoms with Crippen LogP contribution in [0, 0.1) is 6.92 Å². The zero-order valence-electron chi connectivity index (χ0n) is 9.86. The lowest BCUT2D eigenvalue weighted by molar-refractivity contribution is -0.137. The minimum atomic E-state index is -0.778. The number of benzene rings is 1. The summed E-state index contributed by atoms with van der Waals surface area (Å²) in [5.41, 5.74) is 2.00. The highest BCUT2D eigenvalue weighted by atomic mass is 35.5. The van der Waals surface area contributed by atoms with Crippen LogP contribution in [0.4, 0.5) is 5.13 Å². The van der Waals surface area contributed by atoms with Crippen molar-refractivity contribution in [3.05, 3.63) is 22.7 Å². The van der Waals surface area contributed by atoms with Gasteiger partial charge in [0.15, 0.2) is 5.13 Å². The number of hydrogen-bond donors (Lipinski definition) is 2. The standard InChI is InChI=1S/C12H13ClN2O2S/c1-7-4-5-8(13)11-10(7)15-12(18-11)14-6-2-3-9(16)17/h4-5H,2-3,6H2,1H3,(H,14,15)(H,16,17). The van der Waals surface area contributed by atoms with Gasteiger partial charge in [0.2, 0.25) is 0 Å². The number of thiazole rings is 1. The zero-order valence-corrected chi connectivity index (χ0v) is 11.4. The molecule has 2 rings (SSSR count). The minimum Gasteiger partial charge on any atom is -0.481 e. The summed E-state index contributed by atoms with van der Waals surface area (Å²) in [6.45, 7) is 2.59. The molecule has 0 fully saturated rings. The fraction of sp³-hybridized carbons (Fsp3) is 0.333. The lowest BCUT2D eigenvalue weighted by Gasteiger charge is -1.99. The summed E-state index contributed by atoms with van der Waals surface area (Å²) in [6, 6.07) is 3.81. The van der Waals surface area contributed by atoms with Gasteiger partial charge in [0.05, 0.1) is 15.2 Å². The van der Waals surface area contributed by atoms with Crippen molar-refractivity contribution in [3.8, 4) is 0 Å². The molecule has 0 atom stereocenters. The summed E-state index contributed by atoms with van der Waals surface area (Å²) in [7, 11) is 0. The van der Waals surface area contributed by atoms with E-state index in [0.717, 1.165) is 20.9 Å². The molecule has 1 aromatic heterocycles. The Labute approximate surface area is 114 Å². The van der Waals surface area contributed by atoms with Gasteiger partial charge in [-0.25, -0.2) is 4.98 Å². The van der Waals surface area contributed by atoms with Gasteiger partial charge < -0.3 is 10.4 Å². The zero-order chi connectivity index (χ0) is 13.1. The first-order chi connectivity index (χ1) is 8.58. The van der Waals surface area contributed by atoms with Gasteiger partial charge in [-0.1, -0.05) is 29.0 Å². The van der Waals surface area contributed by atoms with E-state index in [4.69, 9.17) is 16.7 Å². The van der Waals surface area contributed by atoms with E-state index in [0.29, 0.717) is 18.0 Å². The van der Waals surface area contributed by atoms with Gasteiger partial charge in [-0.05, 0) is 25.0 Å². The van der Waals surface area contributed by atoms with Crippen molar-refractivity contribution in [1.82, 2.24) is 4.98 Å². The van der Waals surface area contributed by atoms with Gasteiger partial charge in [-0.15, -0.1) is 0 Å². The molecule has 18 heavy (non-hydrogen) atoms. The maximum absolute atomic E-state index is 10.4. The number of carboxylic acids is 1. The Morgan fingerprint density at radius 3 is 3.00 bits per heavy atom. The number of aliphatic carboxylic acids is 1. The normalized spacial score (nSPS) is 10.8. The van der Waals surface area contributed by atoms with Crippen LogP contribution in [0.25, 0.3) is 10.2 Å². The third kappa shape index (κ3) is 2.91. The van der Waals surface area contributed by atoms with E-state index in [1.54, 1.807) is 0 Å². The highest BCUT2D eigenvalue weighted by Crippen LogP contribution is 2.33. The molecule has 0 spiro atoms. The summed E-state index contributed by atoms with van der Waals surface area (Å²) in [5.74, 6) is -0.778. The van der Waals surface area contributed by atoms with Crippen LogP contribution in [0.5, 0.6) is 0 Å². The number of aryl methyl sites for hydroxylation is 1. The molecule has 2 aromatic rings. The van der Waals surface area contributed by atoms with E-state index in [2.05, 4.69) is 10.3 Å². The maximum atomic E-state index is 10.4. The molecule has 0 unspecified atom stereocenters. The SMILES string of the molecule is Cc1ccc(Cl)c2sc(NCCCC(=O)O)nc12. The van der Waals surface area contributed by atoms with E-state index in [1.165, 1.54) is 11.3 Å². The first kappa shape index (κ1) is 13.1. The Balaban J connectivity index is 2.08. The average Bonchev–Trinajstić information content (AvgIpc) is 2.75. The maximum Gasteiger partial charge on any atom is 0.303 e. The van der Waals surface area contributed by atoms with Crippen LogP contribution in [0.3, 0.4) is 0 Å². The number of rotatable bonds is 5. The number of carboxylic acid groups (broad SMARTS) is 1. The largest absolute Gasteiger partial charge is 0.481 e. The number of carbonyl (C=O) groups is 1. The number of aromatic nitrogens is 1. The quantitative estimate of drug-likeness (QED) is 0.825. The molecule has 0 saturated heterocycles. The van der Waals surface area contributed by atoms with Crippen molar-refractivity contribution >= 4 is 44.3 Å². The van der Waals surface area contributed by atoms with E-state index in [1.807, 2.05) is 19.1 Å². The molecule has 0 aliphatic heterocycles. The first-order valence-electron chi connectivity index (χ1n) is 5.59. The highest BCUT2D eigenvalue weighted by Gasteiger charge is 2.09. The Kier molecular flexibility index (Phi) is 4.04. The van der Waals surface area contributed by atoms with E-state index in [-0.39, 0.29) is 6.42 Å². The summed E-state index contributed by atoms with van der Waals surface area (Å²) in [4.78, 5) is 14.8. The molecule has 0 aliphatic rings.